The van der Waals surface area contributed by atoms with Gasteiger partial charge in [-0.1, -0.05) is 11.6 Å². The zero-order valence-electron chi connectivity index (χ0n) is 13.9. The Hall–Kier alpha value is -2.42. The van der Waals surface area contributed by atoms with Crippen molar-refractivity contribution in [3.8, 4) is 11.5 Å². The van der Waals surface area contributed by atoms with E-state index in [1.165, 1.54) is 11.8 Å². The van der Waals surface area contributed by atoms with Gasteiger partial charge in [0.05, 0.1) is 25.2 Å². The van der Waals surface area contributed by atoms with Crippen LogP contribution in [0.5, 0.6) is 11.5 Å². The van der Waals surface area contributed by atoms with Crippen molar-refractivity contribution in [3.63, 3.8) is 0 Å². The van der Waals surface area contributed by atoms with Gasteiger partial charge in [-0.3, -0.25) is 9.32 Å². The number of nitrogens with one attached hydrogen (secondary N) is 2. The van der Waals surface area contributed by atoms with Gasteiger partial charge in [0, 0.05) is 6.07 Å². The summed E-state index contributed by atoms with van der Waals surface area (Å²) in [6, 6.07) is 5.12. The fourth-order valence-corrected chi connectivity index (χ4v) is 2.97. The topological polar surface area (TPSA) is 97.4 Å². The average Bonchev–Trinajstić information content (AvgIpc) is 2.91. The molecule has 0 aliphatic heterocycles. The zero-order valence-corrected chi connectivity index (χ0v) is 14.7. The lowest BCUT2D eigenvalue weighted by Gasteiger charge is -2.15. The van der Waals surface area contributed by atoms with Crippen molar-refractivity contribution >= 4 is 23.4 Å². The van der Waals surface area contributed by atoms with Crippen molar-refractivity contribution in [3.05, 3.63) is 28.6 Å². The lowest BCUT2D eigenvalue weighted by Crippen LogP contribution is -2.35. The van der Waals surface area contributed by atoms with Crippen molar-refractivity contribution < 1.29 is 23.5 Å². The van der Waals surface area contributed by atoms with E-state index >= 15 is 0 Å². The minimum absolute atomic E-state index is 0.230. The van der Waals surface area contributed by atoms with E-state index in [1.807, 2.05) is 6.92 Å². The molecule has 1 amide bonds. The van der Waals surface area contributed by atoms with Crippen LogP contribution in [-0.2, 0) is 11.8 Å². The molecule has 1 aromatic heterocycles. The Balaban J connectivity index is 2.16. The first-order chi connectivity index (χ1) is 11.5. The van der Waals surface area contributed by atoms with Crippen LogP contribution in [0.3, 0.4) is 0 Å². The van der Waals surface area contributed by atoms with Gasteiger partial charge in [0.2, 0.25) is 5.91 Å². The Morgan fingerprint density at radius 1 is 1.42 bits per heavy atom. The van der Waals surface area contributed by atoms with Crippen molar-refractivity contribution in [2.75, 3.05) is 19.5 Å². The number of aryl methyl sites for hydroxylation is 1. The van der Waals surface area contributed by atoms with Crippen molar-refractivity contribution in [1.82, 2.24) is 5.27 Å². The maximum Gasteiger partial charge on any atom is 0.441 e. The van der Waals surface area contributed by atoms with Crippen LogP contribution in [0.25, 0.3) is 0 Å². The van der Waals surface area contributed by atoms with Crippen LogP contribution in [0.1, 0.15) is 13.3 Å². The molecular formula is C15H20N3O5S+. The van der Waals surface area contributed by atoms with Gasteiger partial charge in [-0.25, -0.2) is 4.79 Å². The largest absolute Gasteiger partial charge is 0.497 e. The number of nitrogens with zero attached hydrogens (tertiary/aromatic N) is 1. The highest BCUT2D eigenvalue weighted by Gasteiger charge is 2.27. The van der Waals surface area contributed by atoms with Gasteiger partial charge in [0.1, 0.15) is 11.5 Å². The molecule has 1 atom stereocenters. The summed E-state index contributed by atoms with van der Waals surface area (Å²) in [6.45, 7) is 1.87. The molecule has 1 aromatic carbocycles. The number of hydrogen-bond acceptors (Lipinski definition) is 6. The lowest BCUT2D eigenvalue weighted by molar-refractivity contribution is -0.772. The molecule has 0 saturated heterocycles. The number of aromatic nitrogens is 2. The second-order valence-corrected chi connectivity index (χ2v) is 6.11. The van der Waals surface area contributed by atoms with Crippen molar-refractivity contribution in [2.45, 2.75) is 23.6 Å². The second kappa shape index (κ2) is 7.91. The molecule has 0 bridgehead atoms. The van der Waals surface area contributed by atoms with Crippen LogP contribution in [-0.4, -0.2) is 30.6 Å². The Labute approximate surface area is 143 Å². The summed E-state index contributed by atoms with van der Waals surface area (Å²) < 4.78 is 16.5. The third kappa shape index (κ3) is 3.91. The van der Waals surface area contributed by atoms with Gasteiger partial charge in [0.15, 0.2) is 7.05 Å². The average molecular weight is 354 g/mol. The van der Waals surface area contributed by atoms with Crippen molar-refractivity contribution in [2.24, 2.45) is 7.05 Å². The van der Waals surface area contributed by atoms with E-state index in [1.54, 1.807) is 32.4 Å². The predicted octanol–water partition coefficient (Wildman–Crippen LogP) is 1.32. The smallest absolute Gasteiger partial charge is 0.441 e. The summed E-state index contributed by atoms with van der Waals surface area (Å²) in [5.74, 6) is 0.893. The summed E-state index contributed by atoms with van der Waals surface area (Å²) in [5, 5.41) is 5.13. The van der Waals surface area contributed by atoms with E-state index < -0.39 is 10.9 Å². The monoisotopic (exact) mass is 354 g/mol. The van der Waals surface area contributed by atoms with E-state index in [0.29, 0.717) is 28.6 Å². The van der Waals surface area contributed by atoms with E-state index in [9.17, 15) is 9.59 Å². The first-order valence-electron chi connectivity index (χ1n) is 7.27. The number of amides is 1. The van der Waals surface area contributed by atoms with Gasteiger partial charge in [-0.15, -0.1) is 0 Å². The van der Waals surface area contributed by atoms with E-state index in [2.05, 4.69) is 10.6 Å². The summed E-state index contributed by atoms with van der Waals surface area (Å²) in [6.07, 6.45) is 0.541. The van der Waals surface area contributed by atoms with Crippen LogP contribution in [0.2, 0.25) is 0 Å². The number of hydrogen-bond donors (Lipinski definition) is 2. The molecule has 0 aliphatic rings. The van der Waals surface area contributed by atoms with Gasteiger partial charge in [0.25, 0.3) is 0 Å². The molecule has 2 N–H and O–H groups in total. The number of carbonyl (C=O) groups is 1. The Bertz CT molecular complexity index is 771. The number of thioether (sulfide) groups is 1. The third-order valence-corrected chi connectivity index (χ3v) is 4.83. The highest BCUT2D eigenvalue weighted by atomic mass is 32.2. The van der Waals surface area contributed by atoms with Crippen LogP contribution in [0.15, 0.2) is 32.5 Å². The van der Waals surface area contributed by atoms with Crippen LogP contribution < -0.4 is 25.1 Å². The number of rotatable bonds is 7. The van der Waals surface area contributed by atoms with Crippen LogP contribution in [0.4, 0.5) is 5.69 Å². The fraction of sp³-hybridized carbons (Fsp3) is 0.400. The zero-order chi connectivity index (χ0) is 17.7. The summed E-state index contributed by atoms with van der Waals surface area (Å²) in [5.41, 5.74) is 0.0311. The highest BCUT2D eigenvalue weighted by Crippen LogP contribution is 2.30. The van der Waals surface area contributed by atoms with Gasteiger partial charge in [-0.2, -0.15) is 0 Å². The fourth-order valence-electron chi connectivity index (χ4n) is 2.03. The molecule has 9 heteroatoms. The normalized spacial score (nSPS) is 11.8. The quantitative estimate of drug-likeness (QED) is 0.575. The Morgan fingerprint density at radius 3 is 2.71 bits per heavy atom. The molecule has 130 valence electrons. The summed E-state index contributed by atoms with van der Waals surface area (Å²) >= 11 is 1.14. The molecule has 0 aliphatic carbocycles. The molecule has 1 unspecified atom stereocenters. The minimum Gasteiger partial charge on any atom is -0.497 e. The maximum absolute atomic E-state index is 12.5. The third-order valence-electron chi connectivity index (χ3n) is 3.34. The molecule has 0 spiro atoms. The van der Waals surface area contributed by atoms with Gasteiger partial charge < -0.3 is 14.8 Å². The predicted molar refractivity (Wildman–Crippen MR) is 88.6 cm³/mol. The van der Waals surface area contributed by atoms with Gasteiger partial charge in [-0.05, 0) is 35.6 Å². The molecule has 2 rings (SSSR count). The highest BCUT2D eigenvalue weighted by molar-refractivity contribution is 8.00. The maximum atomic E-state index is 12.5. The summed E-state index contributed by atoms with van der Waals surface area (Å²) in [4.78, 5) is 24.2. The molecule has 8 nitrogen and oxygen atoms in total. The molecule has 1 heterocycles. The number of H-pyrrole nitrogens is 1. The molecular weight excluding hydrogens is 334 g/mol. The molecule has 24 heavy (non-hydrogen) atoms. The van der Waals surface area contributed by atoms with Crippen molar-refractivity contribution in [1.29, 1.82) is 0 Å². The first-order valence-corrected chi connectivity index (χ1v) is 8.15. The molecule has 0 radical (unpaired) electrons. The standard InChI is InChI=1S/C15H19N3O5S/c1-5-12(24-14-15(20)23-17-18(14)2)13(19)16-10-7-6-9(21-3)8-11(10)22-4/h6-8,12H,5H2,1-4H3,(H-,16,17,19,20)/p+1. The summed E-state index contributed by atoms with van der Waals surface area (Å²) in [7, 11) is 4.71. The Kier molecular flexibility index (Phi) is 5.91. The van der Waals surface area contributed by atoms with Gasteiger partial charge >= 0.3 is 10.7 Å². The lowest BCUT2D eigenvalue weighted by atomic mass is 10.2. The molecule has 0 fully saturated rings. The molecule has 2 aromatic rings. The number of ether oxygens (including phenoxy) is 2. The van der Waals surface area contributed by atoms with E-state index in [0.717, 1.165) is 11.8 Å². The number of aromatic amines is 1. The number of anilines is 1. The molecule has 0 saturated carbocycles. The number of carbonyl (C=O) groups excluding carboxylic acids is 1. The number of benzene rings is 1. The second-order valence-electron chi connectivity index (χ2n) is 4.92. The van der Waals surface area contributed by atoms with Crippen LogP contribution in [0, 0.1) is 0 Å². The van der Waals surface area contributed by atoms with E-state index in [4.69, 9.17) is 14.0 Å². The van der Waals surface area contributed by atoms with E-state index in [-0.39, 0.29) is 5.91 Å². The number of methoxy groups -OCH3 is 2. The Morgan fingerprint density at radius 2 is 2.17 bits per heavy atom. The first kappa shape index (κ1) is 17.9. The SMILES string of the molecule is CCC(Sc1c(=O)o[nH][n+]1C)C(=O)Nc1ccc(OC)cc1OC. The van der Waals surface area contributed by atoms with Crippen LogP contribution >= 0.6 is 11.8 Å². The minimum atomic E-state index is -0.504.